The largest absolute Gasteiger partial charge is 0.457 e. The maximum atomic E-state index is 12.9. The topological polar surface area (TPSA) is 9.23 Å². The van der Waals surface area contributed by atoms with Crippen LogP contribution in [-0.4, -0.2) is 0 Å². The van der Waals surface area contributed by atoms with Crippen LogP contribution in [0.1, 0.15) is 18.1 Å². The molecule has 0 aliphatic heterocycles. The van der Waals surface area contributed by atoms with Gasteiger partial charge < -0.3 is 4.74 Å². The minimum Gasteiger partial charge on any atom is -0.457 e. The van der Waals surface area contributed by atoms with Gasteiger partial charge in [0, 0.05) is 6.08 Å². The number of rotatable bonds is 4. The van der Waals surface area contributed by atoms with Crippen molar-refractivity contribution in [2.45, 2.75) is 20.0 Å². The molecule has 0 bridgehead atoms. The number of ether oxygens (including phenoxy) is 1. The number of aryl methyl sites for hydroxylation is 1. The molecular formula is C15H13F5O. The predicted molar refractivity (Wildman–Crippen MR) is 70.0 cm³/mol. The van der Waals surface area contributed by atoms with Crippen LogP contribution >= 0.6 is 0 Å². The number of hydrogen-bond donors (Lipinski definition) is 0. The summed E-state index contributed by atoms with van der Waals surface area (Å²) in [5.74, 6) is -1.99. The van der Waals surface area contributed by atoms with Gasteiger partial charge in [0.1, 0.15) is 17.8 Å². The molecule has 0 fully saturated rings. The fraction of sp³-hybridized carbons (Fsp3) is 0.200. The summed E-state index contributed by atoms with van der Waals surface area (Å²) >= 11 is 0. The van der Waals surface area contributed by atoms with E-state index in [9.17, 15) is 22.0 Å². The third kappa shape index (κ3) is 5.06. The second-order valence-electron chi connectivity index (χ2n) is 4.14. The Morgan fingerprint density at radius 1 is 1.24 bits per heavy atom. The average molecular weight is 304 g/mol. The first-order valence-corrected chi connectivity index (χ1v) is 5.94. The van der Waals surface area contributed by atoms with Gasteiger partial charge in [0.15, 0.2) is 5.83 Å². The molecule has 0 aliphatic rings. The summed E-state index contributed by atoms with van der Waals surface area (Å²) in [5, 5.41) is 0. The molecule has 1 nitrogen and oxygen atoms in total. The van der Waals surface area contributed by atoms with Crippen LogP contribution in [0.5, 0.6) is 5.75 Å². The molecular weight excluding hydrogens is 291 g/mol. The number of alkyl halides is 3. The van der Waals surface area contributed by atoms with E-state index in [1.165, 1.54) is 25.1 Å². The number of benzene rings is 1. The minimum absolute atomic E-state index is 0.252. The highest BCUT2D eigenvalue weighted by Gasteiger charge is 2.34. The Morgan fingerprint density at radius 3 is 2.43 bits per heavy atom. The van der Waals surface area contributed by atoms with Crippen molar-refractivity contribution in [2.24, 2.45) is 0 Å². The van der Waals surface area contributed by atoms with Crippen molar-refractivity contribution in [2.75, 3.05) is 0 Å². The van der Waals surface area contributed by atoms with Gasteiger partial charge in [-0.05, 0) is 32.1 Å². The van der Waals surface area contributed by atoms with Crippen molar-refractivity contribution in [1.29, 1.82) is 0 Å². The first kappa shape index (κ1) is 16.9. The Kier molecular flexibility index (Phi) is 5.69. The molecule has 0 saturated carbocycles. The summed E-state index contributed by atoms with van der Waals surface area (Å²) in [6, 6.07) is 3.48. The van der Waals surface area contributed by atoms with Crippen molar-refractivity contribution in [3.8, 4) is 5.75 Å². The van der Waals surface area contributed by atoms with E-state index in [1.54, 1.807) is 6.92 Å². The van der Waals surface area contributed by atoms with Gasteiger partial charge in [-0.3, -0.25) is 0 Å². The average Bonchev–Trinajstić information content (AvgIpc) is 2.39. The number of allylic oxidation sites excluding steroid dienone is 4. The van der Waals surface area contributed by atoms with Gasteiger partial charge in [-0.25, -0.2) is 8.78 Å². The third-order valence-electron chi connectivity index (χ3n) is 2.38. The van der Waals surface area contributed by atoms with Crippen molar-refractivity contribution in [1.82, 2.24) is 0 Å². The molecule has 21 heavy (non-hydrogen) atoms. The molecule has 0 atom stereocenters. The van der Waals surface area contributed by atoms with Gasteiger partial charge in [0.2, 0.25) is 0 Å². The van der Waals surface area contributed by atoms with E-state index in [-0.39, 0.29) is 12.1 Å². The first-order valence-electron chi connectivity index (χ1n) is 5.94. The molecule has 0 N–H and O–H groups in total. The highest BCUT2D eigenvalue weighted by atomic mass is 19.4. The molecule has 0 spiro atoms. The molecule has 114 valence electrons. The summed E-state index contributed by atoms with van der Waals surface area (Å²) in [5.41, 5.74) is -0.580. The van der Waals surface area contributed by atoms with Crippen molar-refractivity contribution in [3.63, 3.8) is 0 Å². The zero-order valence-electron chi connectivity index (χ0n) is 11.3. The zero-order chi connectivity index (χ0) is 16.0. The van der Waals surface area contributed by atoms with Gasteiger partial charge in [0.05, 0.1) is 5.56 Å². The van der Waals surface area contributed by atoms with E-state index in [2.05, 4.69) is 0 Å². The molecule has 0 amide bonds. The second-order valence-corrected chi connectivity index (χ2v) is 4.14. The summed E-state index contributed by atoms with van der Waals surface area (Å²) in [6.45, 7) is 3.07. The number of halogens is 5. The van der Waals surface area contributed by atoms with Crippen molar-refractivity contribution in [3.05, 3.63) is 65.5 Å². The maximum Gasteiger partial charge on any atom is 0.419 e. The summed E-state index contributed by atoms with van der Waals surface area (Å²) in [4.78, 5) is 0. The van der Waals surface area contributed by atoms with E-state index in [1.807, 2.05) is 0 Å². The monoisotopic (exact) mass is 304 g/mol. The normalized spacial score (nSPS) is 13.9. The van der Waals surface area contributed by atoms with Crippen LogP contribution in [0.25, 0.3) is 0 Å². The van der Waals surface area contributed by atoms with Crippen LogP contribution in [0.15, 0.2) is 54.3 Å². The third-order valence-corrected chi connectivity index (χ3v) is 2.38. The fourth-order valence-corrected chi connectivity index (χ4v) is 1.52. The van der Waals surface area contributed by atoms with Crippen LogP contribution in [0.3, 0.4) is 0 Å². The van der Waals surface area contributed by atoms with Gasteiger partial charge in [-0.2, -0.15) is 13.2 Å². The van der Waals surface area contributed by atoms with E-state index in [0.29, 0.717) is 11.6 Å². The van der Waals surface area contributed by atoms with E-state index < -0.39 is 23.3 Å². The maximum absolute atomic E-state index is 12.9. The Bertz CT molecular complexity index is 582. The molecule has 1 aromatic carbocycles. The Balaban J connectivity index is 3.25. The standard InChI is InChI=1S/C15H13F5O/c1-3-4-12(8-11(17)9-16)21-14-6-5-10(2)7-13(14)15(18,19)20/h3-9H,1-2H3/b4-3-,11-9-,12-8+. The second kappa shape index (κ2) is 7.06. The summed E-state index contributed by atoms with van der Waals surface area (Å²) in [6.07, 6.45) is -1.62. The Morgan fingerprint density at radius 2 is 1.90 bits per heavy atom. The zero-order valence-corrected chi connectivity index (χ0v) is 11.3. The predicted octanol–water partition coefficient (Wildman–Crippen LogP) is 5.63. The van der Waals surface area contributed by atoms with Gasteiger partial charge in [-0.15, -0.1) is 0 Å². The van der Waals surface area contributed by atoms with Gasteiger partial charge >= 0.3 is 6.18 Å². The highest BCUT2D eigenvalue weighted by Crippen LogP contribution is 2.37. The van der Waals surface area contributed by atoms with E-state index in [0.717, 1.165) is 12.1 Å². The molecule has 1 aromatic rings. The van der Waals surface area contributed by atoms with Crippen LogP contribution in [0.4, 0.5) is 22.0 Å². The number of hydrogen-bond acceptors (Lipinski definition) is 1. The lowest BCUT2D eigenvalue weighted by Gasteiger charge is -2.14. The highest BCUT2D eigenvalue weighted by molar-refractivity contribution is 5.41. The molecule has 1 rings (SSSR count). The molecule has 6 heteroatoms. The van der Waals surface area contributed by atoms with Crippen LogP contribution in [-0.2, 0) is 6.18 Å². The van der Waals surface area contributed by atoms with Crippen LogP contribution < -0.4 is 4.74 Å². The minimum atomic E-state index is -4.61. The lowest BCUT2D eigenvalue weighted by Crippen LogP contribution is -2.08. The van der Waals surface area contributed by atoms with Crippen LogP contribution in [0, 0.1) is 6.92 Å². The van der Waals surface area contributed by atoms with Gasteiger partial charge in [0.25, 0.3) is 0 Å². The SMILES string of the molecule is C\C=C/C(=C\C(F)=C\F)Oc1ccc(C)cc1C(F)(F)F. The lowest BCUT2D eigenvalue weighted by atomic mass is 10.1. The Labute approximate surface area is 119 Å². The fourth-order valence-electron chi connectivity index (χ4n) is 1.52. The molecule has 0 saturated heterocycles. The van der Waals surface area contributed by atoms with Crippen molar-refractivity contribution < 1.29 is 26.7 Å². The molecule has 0 aromatic heterocycles. The van der Waals surface area contributed by atoms with Crippen LogP contribution in [0.2, 0.25) is 0 Å². The van der Waals surface area contributed by atoms with E-state index >= 15 is 0 Å². The Hall–Kier alpha value is -2.11. The van der Waals surface area contributed by atoms with E-state index in [4.69, 9.17) is 4.74 Å². The van der Waals surface area contributed by atoms with Crippen molar-refractivity contribution >= 4 is 0 Å². The molecule has 0 heterocycles. The summed E-state index contributed by atoms with van der Waals surface area (Å²) < 4.78 is 68.7. The molecule has 0 aliphatic carbocycles. The van der Waals surface area contributed by atoms with Gasteiger partial charge in [-0.1, -0.05) is 17.7 Å². The molecule has 0 radical (unpaired) electrons. The molecule has 0 unspecified atom stereocenters. The first-order chi connectivity index (χ1) is 9.77. The summed E-state index contributed by atoms with van der Waals surface area (Å²) in [7, 11) is 0. The smallest absolute Gasteiger partial charge is 0.419 e. The quantitative estimate of drug-likeness (QED) is 0.398. The lowest BCUT2D eigenvalue weighted by molar-refractivity contribution is -0.138.